The van der Waals surface area contributed by atoms with Gasteiger partial charge in [0.05, 0.1) is 6.54 Å². The summed E-state index contributed by atoms with van der Waals surface area (Å²) in [5.74, 6) is -0.0225. The monoisotopic (exact) mass is 434 g/mol. The first-order valence-corrected chi connectivity index (χ1v) is 11.7. The maximum Gasteiger partial charge on any atom is 0.238 e. The molecule has 6 heteroatoms. The van der Waals surface area contributed by atoms with E-state index in [0.717, 1.165) is 38.4 Å². The van der Waals surface area contributed by atoms with Crippen molar-refractivity contribution in [3.63, 3.8) is 0 Å². The number of hydrogen-bond donors (Lipinski definition) is 2. The molecular weight excluding hydrogens is 404 g/mol. The van der Waals surface area contributed by atoms with E-state index in [4.69, 9.17) is 0 Å². The Kier molecular flexibility index (Phi) is 7.35. The van der Waals surface area contributed by atoms with Crippen molar-refractivity contribution in [2.45, 2.75) is 19.5 Å². The van der Waals surface area contributed by atoms with Crippen LogP contribution in [0.15, 0.2) is 72.1 Å². The van der Waals surface area contributed by atoms with Crippen molar-refractivity contribution in [3.05, 3.63) is 82.6 Å². The third kappa shape index (κ3) is 6.17. The normalized spacial score (nSPS) is 15.6. The van der Waals surface area contributed by atoms with Crippen LogP contribution >= 0.6 is 11.3 Å². The molecule has 162 valence electrons. The lowest BCUT2D eigenvalue weighted by atomic mass is 10.2. The molecule has 1 atom stereocenters. The molecule has 0 saturated carbocycles. The van der Waals surface area contributed by atoms with Crippen LogP contribution in [0.1, 0.15) is 23.4 Å². The molecule has 1 amide bonds. The standard InChI is InChI=1S/C25H30N4OS/c1-20(24-8-5-17-31-24)26-18-25(30)27-22-9-11-23(12-10-22)29-15-13-28(14-16-29)19-21-6-3-2-4-7-21/h2-12,17,20,26H,13-16,18-19H2,1H3,(H,27,30). The summed E-state index contributed by atoms with van der Waals surface area (Å²) in [4.78, 5) is 18.4. The first-order valence-electron chi connectivity index (χ1n) is 10.9. The van der Waals surface area contributed by atoms with E-state index in [0.29, 0.717) is 6.54 Å². The van der Waals surface area contributed by atoms with Crippen LogP contribution in [0, 0.1) is 0 Å². The van der Waals surface area contributed by atoms with Gasteiger partial charge >= 0.3 is 0 Å². The van der Waals surface area contributed by atoms with E-state index in [-0.39, 0.29) is 11.9 Å². The van der Waals surface area contributed by atoms with Gasteiger partial charge in [-0.25, -0.2) is 0 Å². The van der Waals surface area contributed by atoms with Gasteiger partial charge in [-0.3, -0.25) is 9.69 Å². The molecular formula is C25H30N4OS. The van der Waals surface area contributed by atoms with Crippen molar-refractivity contribution in [3.8, 4) is 0 Å². The average Bonchev–Trinajstić information content (AvgIpc) is 3.35. The van der Waals surface area contributed by atoms with Gasteiger partial charge in [0.25, 0.3) is 0 Å². The Hall–Kier alpha value is -2.67. The second kappa shape index (κ2) is 10.6. The SMILES string of the molecule is CC(NCC(=O)Nc1ccc(N2CCN(Cc3ccccc3)CC2)cc1)c1cccs1. The molecule has 4 rings (SSSR count). The molecule has 2 aromatic carbocycles. The van der Waals surface area contributed by atoms with Crippen LogP contribution in [0.4, 0.5) is 11.4 Å². The molecule has 0 bridgehead atoms. The molecule has 2 N–H and O–H groups in total. The van der Waals surface area contributed by atoms with Crippen LogP contribution in [-0.4, -0.2) is 43.5 Å². The van der Waals surface area contributed by atoms with Crippen molar-refractivity contribution >= 4 is 28.6 Å². The fourth-order valence-electron chi connectivity index (χ4n) is 3.85. The van der Waals surface area contributed by atoms with Gasteiger partial charge in [0.2, 0.25) is 5.91 Å². The van der Waals surface area contributed by atoms with Gasteiger partial charge in [0.15, 0.2) is 0 Å². The van der Waals surface area contributed by atoms with Crippen LogP contribution in [0.25, 0.3) is 0 Å². The third-order valence-corrected chi connectivity index (χ3v) is 6.73. The maximum atomic E-state index is 12.3. The van der Waals surface area contributed by atoms with Gasteiger partial charge in [-0.15, -0.1) is 11.3 Å². The Morgan fingerprint density at radius 3 is 2.39 bits per heavy atom. The Morgan fingerprint density at radius 1 is 0.968 bits per heavy atom. The zero-order chi connectivity index (χ0) is 21.5. The number of nitrogens with zero attached hydrogens (tertiary/aromatic N) is 2. The molecule has 31 heavy (non-hydrogen) atoms. The number of hydrogen-bond acceptors (Lipinski definition) is 5. The summed E-state index contributed by atoms with van der Waals surface area (Å²) in [5.41, 5.74) is 3.42. The molecule has 0 aliphatic carbocycles. The summed E-state index contributed by atoms with van der Waals surface area (Å²) < 4.78 is 0. The van der Waals surface area contributed by atoms with Gasteiger partial charge in [0.1, 0.15) is 0 Å². The van der Waals surface area contributed by atoms with Gasteiger partial charge < -0.3 is 15.5 Å². The van der Waals surface area contributed by atoms with Crippen LogP contribution in [0.5, 0.6) is 0 Å². The van der Waals surface area contributed by atoms with E-state index in [1.165, 1.54) is 16.1 Å². The highest BCUT2D eigenvalue weighted by atomic mass is 32.1. The molecule has 3 aromatic rings. The third-order valence-electron chi connectivity index (χ3n) is 5.68. The minimum atomic E-state index is -0.0225. The first kappa shape index (κ1) is 21.6. The predicted octanol–water partition coefficient (Wildman–Crippen LogP) is 4.36. The number of nitrogens with one attached hydrogen (secondary N) is 2. The van der Waals surface area contributed by atoms with Crippen molar-refractivity contribution in [2.24, 2.45) is 0 Å². The fraction of sp³-hybridized carbons (Fsp3) is 0.320. The number of piperazine rings is 1. The van der Waals surface area contributed by atoms with Gasteiger partial charge in [-0.05, 0) is 48.2 Å². The molecule has 0 spiro atoms. The lowest BCUT2D eigenvalue weighted by Gasteiger charge is -2.36. The van der Waals surface area contributed by atoms with Crippen molar-refractivity contribution in [1.29, 1.82) is 0 Å². The summed E-state index contributed by atoms with van der Waals surface area (Å²) >= 11 is 1.70. The summed E-state index contributed by atoms with van der Waals surface area (Å²) in [5, 5.41) is 8.31. The molecule has 1 aromatic heterocycles. The summed E-state index contributed by atoms with van der Waals surface area (Å²) in [7, 11) is 0. The van der Waals surface area contributed by atoms with Crippen molar-refractivity contribution in [1.82, 2.24) is 10.2 Å². The molecule has 1 aliphatic heterocycles. The second-order valence-electron chi connectivity index (χ2n) is 7.96. The topological polar surface area (TPSA) is 47.6 Å². The van der Waals surface area contributed by atoms with E-state index in [9.17, 15) is 4.79 Å². The molecule has 1 unspecified atom stereocenters. The number of thiophene rings is 1. The largest absolute Gasteiger partial charge is 0.369 e. The highest BCUT2D eigenvalue weighted by molar-refractivity contribution is 7.10. The molecule has 1 aliphatic rings. The number of rotatable bonds is 8. The van der Waals surface area contributed by atoms with E-state index in [2.05, 4.69) is 81.3 Å². The zero-order valence-electron chi connectivity index (χ0n) is 18.0. The predicted molar refractivity (Wildman–Crippen MR) is 130 cm³/mol. The van der Waals surface area contributed by atoms with Gasteiger partial charge in [-0.1, -0.05) is 36.4 Å². The van der Waals surface area contributed by atoms with Gasteiger partial charge in [-0.2, -0.15) is 0 Å². The summed E-state index contributed by atoms with van der Waals surface area (Å²) in [6.45, 7) is 7.53. The molecule has 0 radical (unpaired) electrons. The Balaban J connectivity index is 1.21. The molecule has 1 fully saturated rings. The lowest BCUT2D eigenvalue weighted by molar-refractivity contribution is -0.115. The average molecular weight is 435 g/mol. The van der Waals surface area contributed by atoms with E-state index in [1.54, 1.807) is 11.3 Å². The highest BCUT2D eigenvalue weighted by Crippen LogP contribution is 2.21. The van der Waals surface area contributed by atoms with Crippen LogP contribution < -0.4 is 15.5 Å². The van der Waals surface area contributed by atoms with E-state index < -0.39 is 0 Å². The quantitative estimate of drug-likeness (QED) is 0.553. The highest BCUT2D eigenvalue weighted by Gasteiger charge is 2.17. The number of carbonyl (C=O) groups excluding carboxylic acids is 1. The smallest absolute Gasteiger partial charge is 0.238 e. The molecule has 5 nitrogen and oxygen atoms in total. The Bertz CT molecular complexity index is 935. The van der Waals surface area contributed by atoms with Gasteiger partial charge in [0, 0.05) is 55.0 Å². The molecule has 1 saturated heterocycles. The zero-order valence-corrected chi connectivity index (χ0v) is 18.8. The number of amides is 1. The number of benzene rings is 2. The second-order valence-corrected chi connectivity index (χ2v) is 8.94. The Labute approximate surface area is 188 Å². The summed E-state index contributed by atoms with van der Waals surface area (Å²) in [6.07, 6.45) is 0. The van der Waals surface area contributed by atoms with Crippen LogP contribution in [0.3, 0.4) is 0 Å². The minimum Gasteiger partial charge on any atom is -0.369 e. The van der Waals surface area contributed by atoms with E-state index >= 15 is 0 Å². The minimum absolute atomic E-state index is 0.0225. The number of carbonyl (C=O) groups is 1. The van der Waals surface area contributed by atoms with Crippen molar-refractivity contribution in [2.75, 3.05) is 42.9 Å². The first-order chi connectivity index (χ1) is 15.2. The fourth-order valence-corrected chi connectivity index (χ4v) is 4.61. The molecule has 2 heterocycles. The lowest BCUT2D eigenvalue weighted by Crippen LogP contribution is -2.45. The van der Waals surface area contributed by atoms with Crippen molar-refractivity contribution < 1.29 is 4.79 Å². The Morgan fingerprint density at radius 2 is 1.71 bits per heavy atom. The number of anilines is 2. The van der Waals surface area contributed by atoms with E-state index in [1.807, 2.05) is 18.2 Å². The summed E-state index contributed by atoms with van der Waals surface area (Å²) in [6, 6.07) is 23.1. The maximum absolute atomic E-state index is 12.3. The van der Waals surface area contributed by atoms with Crippen LogP contribution in [-0.2, 0) is 11.3 Å². The van der Waals surface area contributed by atoms with Crippen LogP contribution in [0.2, 0.25) is 0 Å².